The lowest BCUT2D eigenvalue weighted by atomic mass is 9.95. The summed E-state index contributed by atoms with van der Waals surface area (Å²) in [6.07, 6.45) is 4.29. The summed E-state index contributed by atoms with van der Waals surface area (Å²) in [6.45, 7) is 1.01. The normalized spacial score (nSPS) is 18.3. The maximum Gasteiger partial charge on any atom is 0.290 e. The number of benzene rings is 1. The second-order valence-corrected chi connectivity index (χ2v) is 9.43. The van der Waals surface area contributed by atoms with Crippen molar-refractivity contribution >= 4 is 38.0 Å². The standard InChI is InChI=1S/C17H17N3O4S2/c1-26(22,23)17-14(18-19-25-17)11-6-4-8-20(9-11)16(21)15-13-7-3-2-5-12(13)10-24-15/h2-3,5,7,10-11H,4,6,8-9H2,1H3. The van der Waals surface area contributed by atoms with Crippen LogP contribution in [-0.4, -0.2) is 48.2 Å². The molecule has 1 aliphatic heterocycles. The maximum absolute atomic E-state index is 13.0. The highest BCUT2D eigenvalue weighted by atomic mass is 32.2. The molecule has 0 saturated carbocycles. The molecule has 136 valence electrons. The maximum atomic E-state index is 13.0. The minimum atomic E-state index is -3.38. The number of piperidine rings is 1. The Balaban J connectivity index is 1.61. The lowest BCUT2D eigenvalue weighted by Crippen LogP contribution is -2.39. The van der Waals surface area contributed by atoms with Crippen molar-refractivity contribution in [3.8, 4) is 0 Å². The van der Waals surface area contributed by atoms with Crippen LogP contribution in [0, 0.1) is 0 Å². The van der Waals surface area contributed by atoms with Crippen LogP contribution >= 0.6 is 11.5 Å². The molecule has 1 aromatic carbocycles. The van der Waals surface area contributed by atoms with Crippen molar-refractivity contribution in [1.82, 2.24) is 14.5 Å². The van der Waals surface area contributed by atoms with Gasteiger partial charge in [-0.2, -0.15) is 0 Å². The Morgan fingerprint density at radius 1 is 1.35 bits per heavy atom. The van der Waals surface area contributed by atoms with Gasteiger partial charge in [0.1, 0.15) is 0 Å². The topological polar surface area (TPSA) is 93.4 Å². The van der Waals surface area contributed by atoms with Crippen molar-refractivity contribution in [3.05, 3.63) is 42.0 Å². The Morgan fingerprint density at radius 3 is 2.96 bits per heavy atom. The molecule has 1 fully saturated rings. The predicted molar refractivity (Wildman–Crippen MR) is 97.1 cm³/mol. The van der Waals surface area contributed by atoms with Crippen LogP contribution in [0.2, 0.25) is 0 Å². The molecule has 1 saturated heterocycles. The number of hydrogen-bond donors (Lipinski definition) is 0. The molecule has 3 aromatic rings. The van der Waals surface area contributed by atoms with Gasteiger partial charge in [0, 0.05) is 47.6 Å². The van der Waals surface area contributed by atoms with Gasteiger partial charge in [-0.1, -0.05) is 28.8 Å². The molecule has 0 aliphatic carbocycles. The van der Waals surface area contributed by atoms with Crippen LogP contribution in [0.25, 0.3) is 10.8 Å². The summed E-state index contributed by atoms with van der Waals surface area (Å²) in [5.41, 5.74) is 0.472. The fourth-order valence-electron chi connectivity index (χ4n) is 3.38. The van der Waals surface area contributed by atoms with E-state index in [9.17, 15) is 13.2 Å². The van der Waals surface area contributed by atoms with E-state index in [0.717, 1.165) is 41.4 Å². The van der Waals surface area contributed by atoms with Crippen molar-refractivity contribution in [2.24, 2.45) is 0 Å². The van der Waals surface area contributed by atoms with Gasteiger partial charge < -0.3 is 9.32 Å². The second kappa shape index (κ2) is 6.48. The highest BCUT2D eigenvalue weighted by molar-refractivity contribution is 7.92. The van der Waals surface area contributed by atoms with Crippen LogP contribution in [0.4, 0.5) is 0 Å². The first-order valence-corrected chi connectivity index (χ1v) is 10.9. The van der Waals surface area contributed by atoms with Crippen molar-refractivity contribution in [1.29, 1.82) is 0 Å². The summed E-state index contributed by atoms with van der Waals surface area (Å²) in [5, 5.41) is 5.71. The molecule has 1 atom stereocenters. The van der Waals surface area contributed by atoms with E-state index in [4.69, 9.17) is 4.42 Å². The van der Waals surface area contributed by atoms with Gasteiger partial charge in [0.15, 0.2) is 19.8 Å². The number of nitrogens with zero attached hydrogens (tertiary/aromatic N) is 3. The molecule has 7 nitrogen and oxygen atoms in total. The van der Waals surface area contributed by atoms with Gasteiger partial charge >= 0.3 is 0 Å². The number of hydrogen-bond acceptors (Lipinski definition) is 7. The number of amides is 1. The number of likely N-dealkylation sites (tertiary alicyclic amines) is 1. The van der Waals surface area contributed by atoms with Gasteiger partial charge in [0.05, 0.1) is 12.0 Å². The number of sulfone groups is 1. The molecule has 1 aliphatic rings. The van der Waals surface area contributed by atoms with E-state index in [1.807, 2.05) is 24.3 Å². The smallest absolute Gasteiger partial charge is 0.290 e. The molecular formula is C17H17N3O4S2. The molecule has 0 N–H and O–H groups in total. The van der Waals surface area contributed by atoms with Crippen molar-refractivity contribution in [2.75, 3.05) is 19.3 Å². The fraction of sp³-hybridized carbons (Fsp3) is 0.353. The number of carbonyl (C=O) groups excluding carboxylic acids is 1. The average molecular weight is 391 g/mol. The van der Waals surface area contributed by atoms with Crippen molar-refractivity contribution in [2.45, 2.75) is 23.0 Å². The van der Waals surface area contributed by atoms with Crippen LogP contribution < -0.4 is 0 Å². The van der Waals surface area contributed by atoms with E-state index in [0.29, 0.717) is 24.5 Å². The summed E-state index contributed by atoms with van der Waals surface area (Å²) in [7, 11) is -3.38. The Hall–Kier alpha value is -2.26. The summed E-state index contributed by atoms with van der Waals surface area (Å²) in [4.78, 5) is 14.7. The van der Waals surface area contributed by atoms with Crippen molar-refractivity contribution < 1.29 is 17.6 Å². The number of aromatic nitrogens is 2. The largest absolute Gasteiger partial charge is 0.458 e. The lowest BCUT2D eigenvalue weighted by Gasteiger charge is -2.31. The van der Waals surface area contributed by atoms with Gasteiger partial charge in [-0.05, 0) is 12.8 Å². The first-order valence-electron chi connectivity index (χ1n) is 8.23. The molecule has 1 unspecified atom stereocenters. The molecule has 0 spiro atoms. The predicted octanol–water partition coefficient (Wildman–Crippen LogP) is 2.71. The Bertz CT molecular complexity index is 1070. The van der Waals surface area contributed by atoms with Crippen LogP contribution in [-0.2, 0) is 9.84 Å². The minimum absolute atomic E-state index is 0.141. The summed E-state index contributed by atoms with van der Waals surface area (Å²) in [5.74, 6) is -0.00150. The third-order valence-electron chi connectivity index (χ3n) is 4.62. The zero-order valence-electron chi connectivity index (χ0n) is 14.1. The molecule has 0 bridgehead atoms. The van der Waals surface area contributed by atoms with Crippen LogP contribution in [0.5, 0.6) is 0 Å². The third-order valence-corrected chi connectivity index (χ3v) is 7.17. The van der Waals surface area contributed by atoms with E-state index >= 15 is 0 Å². The fourth-order valence-corrected chi connectivity index (χ4v) is 5.11. The molecule has 0 radical (unpaired) electrons. The second-order valence-electron chi connectivity index (χ2n) is 6.46. The molecule has 26 heavy (non-hydrogen) atoms. The first kappa shape index (κ1) is 17.2. The SMILES string of the molecule is CS(=O)(=O)c1snnc1C1CCCN(C(=O)c2occ3ccccc23)C1. The van der Waals surface area contributed by atoms with E-state index in [1.54, 1.807) is 11.2 Å². The van der Waals surface area contributed by atoms with Gasteiger partial charge in [-0.15, -0.1) is 5.10 Å². The molecular weight excluding hydrogens is 374 g/mol. The van der Waals surface area contributed by atoms with Crippen molar-refractivity contribution in [3.63, 3.8) is 0 Å². The van der Waals surface area contributed by atoms with Gasteiger partial charge in [0.25, 0.3) is 5.91 Å². The number of fused-ring (bicyclic) bond motifs is 1. The van der Waals surface area contributed by atoms with Gasteiger partial charge in [0.2, 0.25) is 0 Å². The van der Waals surface area contributed by atoms with Gasteiger partial charge in [-0.25, -0.2) is 8.42 Å². The van der Waals surface area contributed by atoms with Gasteiger partial charge in [-0.3, -0.25) is 4.79 Å². The highest BCUT2D eigenvalue weighted by Crippen LogP contribution is 2.33. The van der Waals surface area contributed by atoms with Crippen LogP contribution in [0.3, 0.4) is 0 Å². The minimum Gasteiger partial charge on any atom is -0.458 e. The number of carbonyl (C=O) groups is 1. The quantitative estimate of drug-likeness (QED) is 0.681. The van der Waals surface area contributed by atoms with E-state index in [2.05, 4.69) is 9.59 Å². The van der Waals surface area contributed by atoms with E-state index in [-0.39, 0.29) is 16.0 Å². The van der Waals surface area contributed by atoms with Crippen LogP contribution in [0.15, 0.2) is 39.2 Å². The Morgan fingerprint density at radius 2 is 2.15 bits per heavy atom. The Labute approximate surface area is 154 Å². The molecule has 4 rings (SSSR count). The number of furan rings is 1. The van der Waals surface area contributed by atoms with Crippen LogP contribution in [0.1, 0.15) is 35.0 Å². The molecule has 2 aromatic heterocycles. The number of rotatable bonds is 3. The molecule has 3 heterocycles. The third kappa shape index (κ3) is 3.01. The highest BCUT2D eigenvalue weighted by Gasteiger charge is 2.32. The zero-order valence-corrected chi connectivity index (χ0v) is 15.7. The monoisotopic (exact) mass is 391 g/mol. The summed E-state index contributed by atoms with van der Waals surface area (Å²) >= 11 is 0.888. The van der Waals surface area contributed by atoms with E-state index < -0.39 is 9.84 Å². The molecule has 1 amide bonds. The lowest BCUT2D eigenvalue weighted by molar-refractivity contribution is 0.0675. The summed E-state index contributed by atoms with van der Waals surface area (Å²) < 4.78 is 33.4. The molecule has 9 heteroatoms. The van der Waals surface area contributed by atoms with E-state index in [1.165, 1.54) is 0 Å². The first-order chi connectivity index (χ1) is 12.4. The average Bonchev–Trinajstić information content (AvgIpc) is 3.28. The Kier molecular flexibility index (Phi) is 4.28. The summed E-state index contributed by atoms with van der Waals surface area (Å²) in [6, 6.07) is 7.52. The zero-order chi connectivity index (χ0) is 18.3.